The number of esters is 1. The van der Waals surface area contributed by atoms with Crippen molar-refractivity contribution < 1.29 is 28.2 Å². The lowest BCUT2D eigenvalue weighted by Crippen LogP contribution is -2.36. The molecular formula is C29H25NO6. The van der Waals surface area contributed by atoms with Crippen LogP contribution in [0.3, 0.4) is 0 Å². The van der Waals surface area contributed by atoms with Crippen molar-refractivity contribution in [2.24, 2.45) is 0 Å². The molecule has 7 nitrogen and oxygen atoms in total. The minimum absolute atomic E-state index is 0.0197. The molecular weight excluding hydrogens is 458 g/mol. The maximum absolute atomic E-state index is 13.6. The fourth-order valence-corrected chi connectivity index (χ4v) is 5.26. The Hall–Kier alpha value is -4.26. The molecule has 2 atom stereocenters. The molecule has 0 bridgehead atoms. The number of carbonyl (C=O) groups excluding carboxylic acids is 2. The van der Waals surface area contributed by atoms with E-state index in [4.69, 9.17) is 18.6 Å². The number of allylic oxidation sites excluding steroid dienone is 3. The van der Waals surface area contributed by atoms with Crippen LogP contribution in [-0.2, 0) is 20.9 Å². The van der Waals surface area contributed by atoms with Crippen molar-refractivity contribution in [2.75, 3.05) is 6.79 Å². The van der Waals surface area contributed by atoms with Gasteiger partial charge < -0.3 is 23.9 Å². The van der Waals surface area contributed by atoms with E-state index in [1.807, 2.05) is 67.6 Å². The molecule has 3 heterocycles. The number of furan rings is 1. The summed E-state index contributed by atoms with van der Waals surface area (Å²) in [7, 11) is 0. The van der Waals surface area contributed by atoms with Crippen molar-refractivity contribution in [3.63, 3.8) is 0 Å². The predicted octanol–water partition coefficient (Wildman–Crippen LogP) is 5.11. The van der Waals surface area contributed by atoms with Crippen LogP contribution in [0.15, 0.2) is 93.9 Å². The van der Waals surface area contributed by atoms with Gasteiger partial charge in [-0.1, -0.05) is 36.4 Å². The van der Waals surface area contributed by atoms with E-state index in [1.54, 1.807) is 6.26 Å². The summed E-state index contributed by atoms with van der Waals surface area (Å²) in [5.74, 6) is 0.904. The summed E-state index contributed by atoms with van der Waals surface area (Å²) in [6.07, 6.45) is 2.54. The topological polar surface area (TPSA) is 87.0 Å². The number of ether oxygens (including phenoxy) is 3. The Morgan fingerprint density at radius 3 is 2.67 bits per heavy atom. The van der Waals surface area contributed by atoms with Crippen LogP contribution >= 0.6 is 0 Å². The summed E-state index contributed by atoms with van der Waals surface area (Å²) in [6, 6.07) is 18.8. The Labute approximate surface area is 208 Å². The molecule has 0 radical (unpaired) electrons. The molecule has 1 aromatic heterocycles. The van der Waals surface area contributed by atoms with Crippen LogP contribution in [0.4, 0.5) is 0 Å². The van der Waals surface area contributed by atoms with Crippen LogP contribution in [0.5, 0.6) is 11.5 Å². The van der Waals surface area contributed by atoms with Gasteiger partial charge in [0.05, 0.1) is 11.8 Å². The van der Waals surface area contributed by atoms with Crippen LogP contribution in [0, 0.1) is 0 Å². The second-order valence-corrected chi connectivity index (χ2v) is 9.21. The Morgan fingerprint density at radius 1 is 1.03 bits per heavy atom. The standard InChI is InChI=1S/C29H25NO6/c1-17-26(29(32)34-15-18-6-3-2-4-7-18)27(19-9-10-24-25(14-19)36-16-35-24)28-21(30-17)12-20(13-22(28)31)23-8-5-11-33-23/h2-11,14,20,27,30H,12-13,15-16H2,1H3. The van der Waals surface area contributed by atoms with E-state index >= 15 is 0 Å². The molecule has 0 fully saturated rings. The smallest absolute Gasteiger partial charge is 0.337 e. The minimum Gasteiger partial charge on any atom is -0.469 e. The second kappa shape index (κ2) is 9.07. The summed E-state index contributed by atoms with van der Waals surface area (Å²) in [4.78, 5) is 27.1. The summed E-state index contributed by atoms with van der Waals surface area (Å²) in [5.41, 5.74) is 4.17. The van der Waals surface area contributed by atoms with Gasteiger partial charge in [-0.05, 0) is 48.7 Å². The minimum atomic E-state index is -0.580. The molecule has 2 aromatic carbocycles. The van der Waals surface area contributed by atoms with Gasteiger partial charge in [0.2, 0.25) is 6.79 Å². The number of dihydropyridines is 1. The molecule has 0 saturated heterocycles. The molecule has 3 aromatic rings. The molecule has 0 spiro atoms. The Balaban J connectivity index is 1.39. The molecule has 182 valence electrons. The number of carbonyl (C=O) groups is 2. The summed E-state index contributed by atoms with van der Waals surface area (Å²) >= 11 is 0. The lowest BCUT2D eigenvalue weighted by Gasteiger charge is -2.36. The molecule has 0 saturated carbocycles. The fraction of sp³-hybridized carbons (Fsp3) is 0.241. The largest absolute Gasteiger partial charge is 0.469 e. The molecule has 3 aliphatic rings. The van der Waals surface area contributed by atoms with Gasteiger partial charge >= 0.3 is 5.97 Å². The maximum Gasteiger partial charge on any atom is 0.337 e. The molecule has 2 aliphatic heterocycles. The molecule has 1 aliphatic carbocycles. The maximum atomic E-state index is 13.6. The van der Waals surface area contributed by atoms with Crippen molar-refractivity contribution in [2.45, 2.75) is 38.2 Å². The first-order chi connectivity index (χ1) is 17.6. The van der Waals surface area contributed by atoms with E-state index in [1.165, 1.54) is 0 Å². The summed E-state index contributed by atoms with van der Waals surface area (Å²) in [6.45, 7) is 2.14. The third-order valence-electron chi connectivity index (χ3n) is 6.94. The summed E-state index contributed by atoms with van der Waals surface area (Å²) in [5, 5.41) is 3.36. The van der Waals surface area contributed by atoms with Crippen molar-refractivity contribution in [1.82, 2.24) is 5.32 Å². The van der Waals surface area contributed by atoms with Crippen LogP contribution in [-0.4, -0.2) is 18.5 Å². The average molecular weight is 484 g/mol. The van der Waals surface area contributed by atoms with Crippen molar-refractivity contribution >= 4 is 11.8 Å². The van der Waals surface area contributed by atoms with Crippen molar-refractivity contribution in [3.05, 3.63) is 106 Å². The van der Waals surface area contributed by atoms with E-state index in [2.05, 4.69) is 5.32 Å². The van der Waals surface area contributed by atoms with E-state index in [9.17, 15) is 9.59 Å². The number of hydrogen-bond acceptors (Lipinski definition) is 7. The predicted molar refractivity (Wildman–Crippen MR) is 130 cm³/mol. The average Bonchev–Trinajstić information content (AvgIpc) is 3.59. The van der Waals surface area contributed by atoms with Crippen LogP contribution in [0.25, 0.3) is 0 Å². The molecule has 6 rings (SSSR count). The lowest BCUT2D eigenvalue weighted by atomic mass is 9.72. The Bertz CT molecular complexity index is 1390. The highest BCUT2D eigenvalue weighted by atomic mass is 16.7. The first-order valence-corrected chi connectivity index (χ1v) is 12.0. The van der Waals surface area contributed by atoms with Gasteiger partial charge in [-0.15, -0.1) is 0 Å². The van der Waals surface area contributed by atoms with Gasteiger partial charge in [0.25, 0.3) is 0 Å². The third kappa shape index (κ3) is 3.96. The Morgan fingerprint density at radius 2 is 1.86 bits per heavy atom. The van der Waals surface area contributed by atoms with E-state index in [-0.39, 0.29) is 25.1 Å². The number of Topliss-reactive ketones (excluding diaryl/α,β-unsaturated/α-hetero) is 1. The second-order valence-electron chi connectivity index (χ2n) is 9.21. The van der Waals surface area contributed by atoms with Gasteiger partial charge in [0.1, 0.15) is 12.4 Å². The highest BCUT2D eigenvalue weighted by Crippen LogP contribution is 2.47. The SMILES string of the molecule is CC1=C(C(=O)OCc2ccccc2)C(c2ccc3c(c2)OCO3)C2=C(CC(c3ccco3)CC2=O)N1. The highest BCUT2D eigenvalue weighted by Gasteiger charge is 2.42. The molecule has 7 heteroatoms. The van der Waals surface area contributed by atoms with Crippen molar-refractivity contribution in [3.8, 4) is 11.5 Å². The normalized spacial score (nSPS) is 20.8. The zero-order valence-corrected chi connectivity index (χ0v) is 19.8. The Kier molecular flexibility index (Phi) is 5.60. The number of ketones is 1. The number of nitrogens with one attached hydrogen (secondary N) is 1. The van der Waals surface area contributed by atoms with E-state index < -0.39 is 11.9 Å². The quantitative estimate of drug-likeness (QED) is 0.505. The van der Waals surface area contributed by atoms with Crippen LogP contribution < -0.4 is 14.8 Å². The van der Waals surface area contributed by atoms with Crippen LogP contribution in [0.1, 0.15) is 48.5 Å². The number of fused-ring (bicyclic) bond motifs is 1. The van der Waals surface area contributed by atoms with E-state index in [0.29, 0.717) is 41.2 Å². The van der Waals surface area contributed by atoms with Gasteiger partial charge in [-0.2, -0.15) is 0 Å². The third-order valence-corrected chi connectivity index (χ3v) is 6.94. The number of hydrogen-bond donors (Lipinski definition) is 1. The lowest BCUT2D eigenvalue weighted by molar-refractivity contribution is -0.140. The first kappa shape index (κ1) is 22.2. The highest BCUT2D eigenvalue weighted by molar-refractivity contribution is 6.04. The molecule has 1 N–H and O–H groups in total. The molecule has 0 amide bonds. The van der Waals surface area contributed by atoms with Crippen LogP contribution in [0.2, 0.25) is 0 Å². The fourth-order valence-electron chi connectivity index (χ4n) is 5.26. The van der Waals surface area contributed by atoms with Crippen molar-refractivity contribution in [1.29, 1.82) is 0 Å². The first-order valence-electron chi connectivity index (χ1n) is 12.0. The van der Waals surface area contributed by atoms with E-state index in [0.717, 1.165) is 22.6 Å². The summed E-state index contributed by atoms with van der Waals surface area (Å²) < 4.78 is 22.4. The zero-order valence-electron chi connectivity index (χ0n) is 19.8. The zero-order chi connectivity index (χ0) is 24.6. The van der Waals surface area contributed by atoms with Gasteiger partial charge in [-0.25, -0.2) is 4.79 Å². The van der Waals surface area contributed by atoms with Gasteiger partial charge in [-0.3, -0.25) is 4.79 Å². The number of benzene rings is 2. The monoisotopic (exact) mass is 483 g/mol. The molecule has 36 heavy (non-hydrogen) atoms. The molecule has 2 unspecified atom stereocenters. The number of rotatable bonds is 5. The van der Waals surface area contributed by atoms with Gasteiger partial charge in [0, 0.05) is 35.2 Å². The van der Waals surface area contributed by atoms with Gasteiger partial charge in [0.15, 0.2) is 17.3 Å².